The second-order valence-electron chi connectivity index (χ2n) is 5.91. The van der Waals surface area contributed by atoms with E-state index in [0.29, 0.717) is 19.2 Å². The lowest BCUT2D eigenvalue weighted by Crippen LogP contribution is -2.51. The van der Waals surface area contributed by atoms with Gasteiger partial charge in [-0.25, -0.2) is 13.1 Å². The highest BCUT2D eigenvalue weighted by atomic mass is 32.2. The summed E-state index contributed by atoms with van der Waals surface area (Å²) >= 11 is 0. The van der Waals surface area contributed by atoms with Gasteiger partial charge in [0.25, 0.3) is 0 Å². The average Bonchev–Trinajstić information content (AvgIpc) is 2.51. The minimum absolute atomic E-state index is 0.173. The number of hydrogen-bond donors (Lipinski definition) is 1. The van der Waals surface area contributed by atoms with E-state index in [9.17, 15) is 26.4 Å². The minimum Gasteiger partial charge on any atom is -0.372 e. The number of benzene rings is 1. The van der Waals surface area contributed by atoms with Crippen molar-refractivity contribution >= 4 is 15.9 Å². The minimum atomic E-state index is -4.65. The molecule has 0 spiro atoms. The molecule has 0 saturated carbocycles. The van der Waals surface area contributed by atoms with Crippen molar-refractivity contribution in [3.8, 4) is 0 Å². The number of halogens is 3. The van der Waals surface area contributed by atoms with E-state index in [2.05, 4.69) is 4.72 Å². The first-order valence-electron chi connectivity index (χ1n) is 7.59. The van der Waals surface area contributed by atoms with Crippen LogP contribution in [0.15, 0.2) is 29.2 Å². The van der Waals surface area contributed by atoms with Crippen molar-refractivity contribution in [2.45, 2.75) is 37.1 Å². The zero-order valence-corrected chi connectivity index (χ0v) is 14.5. The van der Waals surface area contributed by atoms with Crippen molar-refractivity contribution in [3.05, 3.63) is 29.8 Å². The quantitative estimate of drug-likeness (QED) is 0.861. The van der Waals surface area contributed by atoms with Gasteiger partial charge >= 0.3 is 6.18 Å². The third-order valence-electron chi connectivity index (χ3n) is 3.66. The normalized spacial score (nSPS) is 22.0. The van der Waals surface area contributed by atoms with E-state index in [-0.39, 0.29) is 12.2 Å². The predicted molar refractivity (Wildman–Crippen MR) is 83.2 cm³/mol. The second kappa shape index (κ2) is 7.30. The topological polar surface area (TPSA) is 75.7 Å². The maximum absolute atomic E-state index is 12.7. The van der Waals surface area contributed by atoms with Crippen LogP contribution in [0.3, 0.4) is 0 Å². The van der Waals surface area contributed by atoms with Crippen LogP contribution in [0.2, 0.25) is 0 Å². The number of ether oxygens (including phenoxy) is 1. The number of carbonyl (C=O) groups is 1. The Bertz CT molecular complexity index is 727. The third-order valence-corrected chi connectivity index (χ3v) is 5.06. The summed E-state index contributed by atoms with van der Waals surface area (Å²) in [6.45, 7) is 3.71. The fraction of sp³-hybridized carbons (Fsp3) is 0.533. The number of nitrogens with zero attached hydrogens (tertiary/aromatic N) is 1. The molecule has 1 aromatic carbocycles. The molecule has 0 radical (unpaired) electrons. The Morgan fingerprint density at radius 3 is 2.44 bits per heavy atom. The molecular formula is C15H19F3N2O4S. The number of hydrogen-bond acceptors (Lipinski definition) is 4. The lowest BCUT2D eigenvalue weighted by atomic mass is 10.2. The molecule has 1 fully saturated rings. The first-order chi connectivity index (χ1) is 11.5. The molecule has 1 N–H and O–H groups in total. The molecule has 25 heavy (non-hydrogen) atoms. The van der Waals surface area contributed by atoms with Gasteiger partial charge in [-0.1, -0.05) is 6.07 Å². The molecule has 1 amide bonds. The molecule has 1 saturated heterocycles. The van der Waals surface area contributed by atoms with Crippen molar-refractivity contribution in [2.24, 2.45) is 0 Å². The molecule has 140 valence electrons. The Morgan fingerprint density at radius 2 is 1.88 bits per heavy atom. The van der Waals surface area contributed by atoms with E-state index in [4.69, 9.17) is 4.74 Å². The highest BCUT2D eigenvalue weighted by Crippen LogP contribution is 2.30. The summed E-state index contributed by atoms with van der Waals surface area (Å²) < 4.78 is 69.9. The van der Waals surface area contributed by atoms with E-state index in [1.165, 1.54) is 4.90 Å². The van der Waals surface area contributed by atoms with Crippen LogP contribution in [-0.2, 0) is 25.7 Å². The molecule has 0 aromatic heterocycles. The monoisotopic (exact) mass is 380 g/mol. The van der Waals surface area contributed by atoms with Gasteiger partial charge in [-0.2, -0.15) is 13.2 Å². The molecule has 1 heterocycles. The Hall–Kier alpha value is -1.65. The Morgan fingerprint density at radius 1 is 1.28 bits per heavy atom. The van der Waals surface area contributed by atoms with Crippen LogP contribution in [0.5, 0.6) is 0 Å². The van der Waals surface area contributed by atoms with Crippen LogP contribution in [-0.4, -0.2) is 51.1 Å². The second-order valence-corrected chi connectivity index (χ2v) is 7.67. The molecule has 1 aliphatic heterocycles. The highest BCUT2D eigenvalue weighted by Gasteiger charge is 2.32. The molecule has 0 aliphatic carbocycles. The van der Waals surface area contributed by atoms with Gasteiger partial charge in [0.1, 0.15) is 0 Å². The molecule has 2 unspecified atom stereocenters. The summed E-state index contributed by atoms with van der Waals surface area (Å²) in [5, 5.41) is 0. The van der Waals surface area contributed by atoms with E-state index >= 15 is 0 Å². The number of rotatable bonds is 4. The molecule has 1 aliphatic rings. The summed E-state index contributed by atoms with van der Waals surface area (Å²) in [7, 11) is -4.23. The first kappa shape index (κ1) is 19.7. The van der Waals surface area contributed by atoms with Crippen molar-refractivity contribution in [3.63, 3.8) is 0 Å². The molecular weight excluding hydrogens is 361 g/mol. The van der Waals surface area contributed by atoms with Crippen molar-refractivity contribution in [1.29, 1.82) is 0 Å². The summed E-state index contributed by atoms with van der Waals surface area (Å²) in [6.07, 6.45) is -5.00. The first-order valence-corrected chi connectivity index (χ1v) is 9.07. The van der Waals surface area contributed by atoms with Crippen molar-refractivity contribution < 1.29 is 31.1 Å². The number of nitrogens with one attached hydrogen (secondary N) is 1. The largest absolute Gasteiger partial charge is 0.416 e. The van der Waals surface area contributed by atoms with Crippen LogP contribution >= 0.6 is 0 Å². The average molecular weight is 380 g/mol. The summed E-state index contributed by atoms with van der Waals surface area (Å²) in [5.41, 5.74) is -1.07. The summed E-state index contributed by atoms with van der Waals surface area (Å²) in [4.78, 5) is 13.1. The Kier molecular flexibility index (Phi) is 5.75. The van der Waals surface area contributed by atoms with Crippen LogP contribution in [0, 0.1) is 0 Å². The third kappa shape index (κ3) is 5.16. The molecule has 0 bridgehead atoms. The maximum Gasteiger partial charge on any atom is 0.416 e. The van der Waals surface area contributed by atoms with E-state index in [1.807, 2.05) is 0 Å². The van der Waals surface area contributed by atoms with Crippen molar-refractivity contribution in [2.75, 3.05) is 19.6 Å². The molecule has 6 nitrogen and oxygen atoms in total. The van der Waals surface area contributed by atoms with Crippen LogP contribution in [0.4, 0.5) is 13.2 Å². The Labute approximate surface area is 144 Å². The lowest BCUT2D eigenvalue weighted by molar-refractivity contribution is -0.142. The van der Waals surface area contributed by atoms with Crippen molar-refractivity contribution in [1.82, 2.24) is 9.62 Å². The standard InChI is InChI=1S/C15H19F3N2O4S/c1-10-8-20(9-11(2)24-10)14(21)7-19-25(22,23)13-5-3-4-12(6-13)15(16,17)18/h3-6,10-11,19H,7-9H2,1-2H3. The SMILES string of the molecule is CC1CN(C(=O)CNS(=O)(=O)c2cccc(C(F)(F)F)c2)CC(C)O1. The van der Waals surface area contributed by atoms with E-state index in [0.717, 1.165) is 18.2 Å². The van der Waals surface area contributed by atoms with Gasteiger partial charge in [-0.15, -0.1) is 0 Å². The molecule has 2 atom stereocenters. The zero-order chi connectivity index (χ0) is 18.8. The molecule has 1 aromatic rings. The summed E-state index contributed by atoms with van der Waals surface area (Å²) in [5.74, 6) is -0.461. The van der Waals surface area contributed by atoms with E-state index < -0.39 is 39.1 Å². The summed E-state index contributed by atoms with van der Waals surface area (Å²) in [6, 6.07) is 3.36. The lowest BCUT2D eigenvalue weighted by Gasteiger charge is -2.35. The number of morpholine rings is 1. The van der Waals surface area contributed by atoms with Gasteiger partial charge in [-0.3, -0.25) is 4.79 Å². The molecule has 2 rings (SSSR count). The van der Waals surface area contributed by atoms with Gasteiger partial charge in [0.2, 0.25) is 15.9 Å². The highest BCUT2D eigenvalue weighted by molar-refractivity contribution is 7.89. The Balaban J connectivity index is 2.05. The number of amides is 1. The van der Waals surface area contributed by atoms with Crippen LogP contribution in [0.1, 0.15) is 19.4 Å². The predicted octanol–water partition coefficient (Wildman–Crippen LogP) is 1.62. The van der Waals surface area contributed by atoms with Crippen LogP contribution < -0.4 is 4.72 Å². The van der Waals surface area contributed by atoms with Gasteiger partial charge in [0.15, 0.2) is 0 Å². The number of alkyl halides is 3. The smallest absolute Gasteiger partial charge is 0.372 e. The number of carbonyl (C=O) groups excluding carboxylic acids is 1. The fourth-order valence-corrected chi connectivity index (χ4v) is 3.59. The van der Waals surface area contributed by atoms with Crippen LogP contribution in [0.25, 0.3) is 0 Å². The van der Waals surface area contributed by atoms with E-state index in [1.54, 1.807) is 13.8 Å². The fourth-order valence-electron chi connectivity index (χ4n) is 2.57. The van der Waals surface area contributed by atoms with Gasteiger partial charge in [0.05, 0.1) is 29.2 Å². The maximum atomic E-state index is 12.7. The van der Waals surface area contributed by atoms with Gasteiger partial charge in [0, 0.05) is 13.1 Å². The zero-order valence-electron chi connectivity index (χ0n) is 13.7. The molecule has 10 heteroatoms. The number of sulfonamides is 1. The van der Waals surface area contributed by atoms with Gasteiger partial charge in [-0.05, 0) is 32.0 Å². The van der Waals surface area contributed by atoms with Gasteiger partial charge < -0.3 is 9.64 Å².